The molecule has 0 heterocycles. The fourth-order valence-corrected chi connectivity index (χ4v) is 11.0. The largest absolute Gasteiger partial charge is 0.462 e. The van der Waals surface area contributed by atoms with Crippen LogP contribution in [0.15, 0.2) is 12.2 Å². The highest BCUT2D eigenvalue weighted by Gasteiger charge is 2.19. The van der Waals surface area contributed by atoms with Crippen LogP contribution in [0, 0.1) is 0 Å². The van der Waals surface area contributed by atoms with E-state index in [-0.39, 0.29) is 31.1 Å². The third kappa shape index (κ3) is 64.9. The molecule has 0 fully saturated rings. The van der Waals surface area contributed by atoms with Gasteiger partial charge < -0.3 is 14.2 Å². The van der Waals surface area contributed by atoms with Crippen molar-refractivity contribution in [3.05, 3.63) is 12.2 Å². The van der Waals surface area contributed by atoms with Crippen LogP contribution in [0.25, 0.3) is 0 Å². The molecule has 1 unspecified atom stereocenters. The van der Waals surface area contributed by atoms with E-state index in [9.17, 15) is 14.4 Å². The van der Waals surface area contributed by atoms with Crippen molar-refractivity contribution in [3.63, 3.8) is 0 Å². The molecule has 0 saturated carbocycles. The van der Waals surface area contributed by atoms with E-state index >= 15 is 0 Å². The molecule has 0 aromatic rings. The fourth-order valence-electron chi connectivity index (χ4n) is 11.0. The Morgan fingerprint density at radius 2 is 0.429 bits per heavy atom. The predicted molar refractivity (Wildman–Crippen MR) is 335 cm³/mol. The topological polar surface area (TPSA) is 78.9 Å². The molecule has 6 heteroatoms. The van der Waals surface area contributed by atoms with Gasteiger partial charge in [-0.2, -0.15) is 0 Å². The normalized spacial score (nSPS) is 12.0. The molecule has 0 aliphatic heterocycles. The van der Waals surface area contributed by atoms with E-state index in [0.29, 0.717) is 19.3 Å². The van der Waals surface area contributed by atoms with E-state index in [4.69, 9.17) is 14.2 Å². The number of unbranched alkanes of at least 4 members (excludes halogenated alkanes) is 53. The Kier molecular flexibility index (Phi) is 65.1. The minimum atomic E-state index is -0.763. The molecule has 6 nitrogen and oxygen atoms in total. The van der Waals surface area contributed by atoms with Gasteiger partial charge in [0, 0.05) is 19.3 Å². The van der Waals surface area contributed by atoms with Crippen molar-refractivity contribution in [2.75, 3.05) is 13.2 Å². The first-order valence-corrected chi connectivity index (χ1v) is 35.2. The molecule has 0 N–H and O–H groups in total. The average molecular weight is 1090 g/mol. The standard InChI is InChI=1S/C71H136O6/c1-4-7-10-13-16-19-21-23-25-27-29-31-32-33-34-35-36-37-38-39-40-41-43-44-46-48-50-52-55-58-61-64-70(73)76-67-68(66-75-69(72)63-60-57-54-18-15-12-9-6-3)77-71(74)65-62-59-56-53-51-49-47-45-42-30-28-26-24-22-20-17-14-11-8-5-2/h27,29,68H,4-26,28,30-67H2,1-3H3/b29-27-. The molecule has 0 spiro atoms. The molecule has 456 valence electrons. The molecular formula is C71H136O6. The molecule has 0 aliphatic rings. The van der Waals surface area contributed by atoms with Crippen LogP contribution in [0.2, 0.25) is 0 Å². The second kappa shape index (κ2) is 66.7. The van der Waals surface area contributed by atoms with Crippen molar-refractivity contribution < 1.29 is 28.6 Å². The van der Waals surface area contributed by atoms with Crippen LogP contribution in [0.3, 0.4) is 0 Å². The lowest BCUT2D eigenvalue weighted by Crippen LogP contribution is -2.30. The van der Waals surface area contributed by atoms with Crippen LogP contribution in [0.1, 0.15) is 406 Å². The minimum Gasteiger partial charge on any atom is -0.462 e. The predicted octanol–water partition coefficient (Wildman–Crippen LogP) is 24.0. The maximum atomic E-state index is 12.9. The number of carbonyl (C=O) groups excluding carboxylic acids is 3. The minimum absolute atomic E-state index is 0.0626. The molecule has 1 atom stereocenters. The maximum Gasteiger partial charge on any atom is 0.306 e. The van der Waals surface area contributed by atoms with Crippen LogP contribution >= 0.6 is 0 Å². The average Bonchev–Trinajstić information content (AvgIpc) is 3.43. The van der Waals surface area contributed by atoms with Crippen LogP contribution in [-0.2, 0) is 28.6 Å². The van der Waals surface area contributed by atoms with Gasteiger partial charge in [-0.15, -0.1) is 0 Å². The molecule has 0 aromatic heterocycles. The van der Waals surface area contributed by atoms with E-state index in [1.165, 1.54) is 308 Å². The first-order chi connectivity index (χ1) is 38.0. The number of hydrogen-bond acceptors (Lipinski definition) is 6. The monoisotopic (exact) mass is 1090 g/mol. The first-order valence-electron chi connectivity index (χ1n) is 35.2. The van der Waals surface area contributed by atoms with Gasteiger partial charge in [0.05, 0.1) is 0 Å². The summed E-state index contributed by atoms with van der Waals surface area (Å²) in [7, 11) is 0. The zero-order valence-electron chi connectivity index (χ0n) is 52.5. The summed E-state index contributed by atoms with van der Waals surface area (Å²) in [5.41, 5.74) is 0. The Morgan fingerprint density at radius 3 is 0.649 bits per heavy atom. The van der Waals surface area contributed by atoms with Crippen molar-refractivity contribution in [2.45, 2.75) is 412 Å². The van der Waals surface area contributed by atoms with Crippen LogP contribution < -0.4 is 0 Å². The molecule has 0 bridgehead atoms. The van der Waals surface area contributed by atoms with Gasteiger partial charge in [-0.3, -0.25) is 14.4 Å². The van der Waals surface area contributed by atoms with E-state index in [1.54, 1.807) is 0 Å². The number of carbonyl (C=O) groups is 3. The quantitative estimate of drug-likeness (QED) is 0.0261. The Morgan fingerprint density at radius 1 is 0.247 bits per heavy atom. The molecule has 0 rings (SSSR count). The van der Waals surface area contributed by atoms with E-state index < -0.39 is 6.10 Å². The number of allylic oxidation sites excluding steroid dienone is 2. The van der Waals surface area contributed by atoms with Gasteiger partial charge in [0.25, 0.3) is 0 Å². The number of esters is 3. The zero-order chi connectivity index (χ0) is 55.7. The van der Waals surface area contributed by atoms with Crippen molar-refractivity contribution in [2.24, 2.45) is 0 Å². The summed E-state index contributed by atoms with van der Waals surface area (Å²) >= 11 is 0. The van der Waals surface area contributed by atoms with E-state index in [1.807, 2.05) is 0 Å². The van der Waals surface area contributed by atoms with Gasteiger partial charge in [-0.1, -0.05) is 354 Å². The van der Waals surface area contributed by atoms with E-state index in [2.05, 4.69) is 32.9 Å². The summed E-state index contributed by atoms with van der Waals surface area (Å²) in [6, 6.07) is 0. The summed E-state index contributed by atoms with van der Waals surface area (Å²) in [6.07, 6.45) is 79.9. The zero-order valence-corrected chi connectivity index (χ0v) is 52.5. The molecular weight excluding hydrogens is 949 g/mol. The summed E-state index contributed by atoms with van der Waals surface area (Å²) in [5, 5.41) is 0. The molecule has 0 saturated heterocycles. The summed E-state index contributed by atoms with van der Waals surface area (Å²) in [6.45, 7) is 6.69. The van der Waals surface area contributed by atoms with Crippen molar-refractivity contribution >= 4 is 17.9 Å². The third-order valence-electron chi connectivity index (χ3n) is 16.3. The second-order valence-electron chi connectivity index (χ2n) is 24.2. The molecule has 77 heavy (non-hydrogen) atoms. The summed E-state index contributed by atoms with van der Waals surface area (Å²) in [4.78, 5) is 38.2. The van der Waals surface area contributed by atoms with Crippen LogP contribution in [0.5, 0.6) is 0 Å². The van der Waals surface area contributed by atoms with Gasteiger partial charge in [0.1, 0.15) is 13.2 Å². The SMILES string of the molecule is CCCCCCCCCC/C=C\CCCCCCCCCCCCCCCCCCCCCC(=O)OCC(COC(=O)CCCCCCCCCC)OC(=O)CCCCCCCCCCCCCCCCCCCCCC. The van der Waals surface area contributed by atoms with Crippen LogP contribution in [0.4, 0.5) is 0 Å². The van der Waals surface area contributed by atoms with Gasteiger partial charge >= 0.3 is 17.9 Å². The highest BCUT2D eigenvalue weighted by Crippen LogP contribution is 2.19. The van der Waals surface area contributed by atoms with Gasteiger partial charge in [0.2, 0.25) is 0 Å². The molecule has 0 aliphatic carbocycles. The maximum absolute atomic E-state index is 12.9. The highest BCUT2D eigenvalue weighted by molar-refractivity contribution is 5.71. The lowest BCUT2D eigenvalue weighted by molar-refractivity contribution is -0.167. The number of rotatable bonds is 66. The first kappa shape index (κ1) is 75.2. The lowest BCUT2D eigenvalue weighted by Gasteiger charge is -2.18. The Balaban J connectivity index is 4.00. The van der Waals surface area contributed by atoms with Crippen molar-refractivity contribution in [1.82, 2.24) is 0 Å². The van der Waals surface area contributed by atoms with Gasteiger partial charge in [-0.25, -0.2) is 0 Å². The molecule has 0 radical (unpaired) electrons. The second-order valence-corrected chi connectivity index (χ2v) is 24.2. The summed E-state index contributed by atoms with van der Waals surface area (Å²) < 4.78 is 16.9. The smallest absolute Gasteiger partial charge is 0.306 e. The lowest BCUT2D eigenvalue weighted by atomic mass is 10.0. The van der Waals surface area contributed by atoms with Crippen LogP contribution in [-0.4, -0.2) is 37.2 Å². The van der Waals surface area contributed by atoms with Crippen molar-refractivity contribution in [3.8, 4) is 0 Å². The van der Waals surface area contributed by atoms with E-state index in [0.717, 1.165) is 57.8 Å². The fraction of sp³-hybridized carbons (Fsp3) is 0.930. The van der Waals surface area contributed by atoms with Gasteiger partial charge in [0.15, 0.2) is 6.10 Å². The van der Waals surface area contributed by atoms with Crippen molar-refractivity contribution in [1.29, 1.82) is 0 Å². The number of ether oxygens (including phenoxy) is 3. The Hall–Kier alpha value is -1.85. The summed E-state index contributed by atoms with van der Waals surface area (Å²) in [5.74, 6) is -0.834. The van der Waals surface area contributed by atoms with Gasteiger partial charge in [-0.05, 0) is 44.9 Å². The number of hydrogen-bond donors (Lipinski definition) is 0. The third-order valence-corrected chi connectivity index (χ3v) is 16.3. The Bertz CT molecular complexity index is 1200. The molecule has 0 aromatic carbocycles. The highest BCUT2D eigenvalue weighted by atomic mass is 16.6. The Labute approximate surface area is 481 Å². The molecule has 0 amide bonds.